The molecule has 0 aliphatic carbocycles. The molecule has 90 valence electrons. The van der Waals surface area contributed by atoms with Gasteiger partial charge in [-0.25, -0.2) is 0 Å². The van der Waals surface area contributed by atoms with E-state index in [2.05, 4.69) is 21.0 Å². The average Bonchev–Trinajstić information content (AvgIpc) is 2.42. The fraction of sp³-hybridized carbons (Fsp3) is 0.500. The summed E-state index contributed by atoms with van der Waals surface area (Å²) < 4.78 is 37.8. The van der Waals surface area contributed by atoms with Crippen LogP contribution in [0.5, 0.6) is 0 Å². The zero-order valence-corrected chi connectivity index (χ0v) is 9.89. The number of rotatable bonds is 2. The minimum atomic E-state index is -4.62. The molecular formula is C8H7BrF3N2O2-. The lowest BCUT2D eigenvalue weighted by Crippen LogP contribution is -2.32. The third kappa shape index (κ3) is 2.21. The van der Waals surface area contributed by atoms with E-state index >= 15 is 0 Å². The van der Waals surface area contributed by atoms with E-state index in [0.717, 1.165) is 4.68 Å². The third-order valence-electron chi connectivity index (χ3n) is 2.05. The molecular weight excluding hydrogens is 293 g/mol. The number of carboxylic acid groups (broad SMARTS) is 1. The van der Waals surface area contributed by atoms with Crippen molar-refractivity contribution < 1.29 is 23.1 Å². The second-order valence-electron chi connectivity index (χ2n) is 3.19. The van der Waals surface area contributed by atoms with Crippen LogP contribution in [0.4, 0.5) is 13.2 Å². The molecule has 0 saturated carbocycles. The summed E-state index contributed by atoms with van der Waals surface area (Å²) in [5, 5.41) is 13.8. The largest absolute Gasteiger partial charge is 0.548 e. The predicted octanol–water partition coefficient (Wildman–Crippen LogP) is 1.28. The van der Waals surface area contributed by atoms with Crippen molar-refractivity contribution in [1.29, 1.82) is 0 Å². The summed E-state index contributed by atoms with van der Waals surface area (Å²) in [6, 6.07) is -1.26. The van der Waals surface area contributed by atoms with Crippen LogP contribution in [0.3, 0.4) is 0 Å². The molecule has 1 rings (SSSR count). The molecule has 1 aromatic heterocycles. The van der Waals surface area contributed by atoms with E-state index in [4.69, 9.17) is 0 Å². The number of carboxylic acids is 1. The molecule has 1 heterocycles. The SMILES string of the molecule is Cc1c(Br)c(C(F)(F)F)nn1[C@@H](C)C(=O)[O-]. The number of hydrogen-bond donors (Lipinski definition) is 0. The fourth-order valence-electron chi connectivity index (χ4n) is 1.16. The number of carbonyl (C=O) groups is 1. The van der Waals surface area contributed by atoms with Gasteiger partial charge in [-0.15, -0.1) is 0 Å². The summed E-state index contributed by atoms with van der Waals surface area (Å²) in [6.45, 7) is 2.54. The molecule has 0 radical (unpaired) electrons. The highest BCUT2D eigenvalue weighted by atomic mass is 79.9. The van der Waals surface area contributed by atoms with Crippen LogP contribution in [-0.2, 0) is 11.0 Å². The second-order valence-corrected chi connectivity index (χ2v) is 3.98. The number of alkyl halides is 3. The number of halogens is 4. The Morgan fingerprint density at radius 2 is 2.06 bits per heavy atom. The topological polar surface area (TPSA) is 58.0 Å². The van der Waals surface area contributed by atoms with Gasteiger partial charge in [0, 0.05) is 0 Å². The van der Waals surface area contributed by atoms with Crippen molar-refractivity contribution in [2.45, 2.75) is 26.1 Å². The number of carbonyl (C=O) groups excluding carboxylic acids is 1. The summed E-state index contributed by atoms with van der Waals surface area (Å²) in [7, 11) is 0. The monoisotopic (exact) mass is 299 g/mol. The Bertz CT molecular complexity index is 428. The van der Waals surface area contributed by atoms with E-state index in [-0.39, 0.29) is 10.2 Å². The molecule has 0 amide bonds. The zero-order valence-electron chi connectivity index (χ0n) is 8.30. The van der Waals surface area contributed by atoms with Crippen molar-refractivity contribution in [2.24, 2.45) is 0 Å². The molecule has 0 N–H and O–H groups in total. The van der Waals surface area contributed by atoms with Gasteiger partial charge < -0.3 is 9.90 Å². The number of aliphatic carboxylic acids is 1. The van der Waals surface area contributed by atoms with Gasteiger partial charge in [-0.1, -0.05) is 0 Å². The maximum Gasteiger partial charge on any atom is 0.436 e. The summed E-state index contributed by atoms with van der Waals surface area (Å²) in [5.74, 6) is -1.49. The first-order chi connectivity index (χ1) is 7.16. The third-order valence-corrected chi connectivity index (χ3v) is 3.00. The van der Waals surface area contributed by atoms with Gasteiger partial charge in [-0.05, 0) is 29.8 Å². The first-order valence-corrected chi connectivity index (χ1v) is 4.98. The molecule has 16 heavy (non-hydrogen) atoms. The van der Waals surface area contributed by atoms with Crippen LogP contribution < -0.4 is 5.11 Å². The molecule has 0 aliphatic heterocycles. The van der Waals surface area contributed by atoms with Crippen molar-refractivity contribution >= 4 is 21.9 Å². The summed E-state index contributed by atoms with van der Waals surface area (Å²) in [6.07, 6.45) is -4.62. The molecule has 0 saturated heterocycles. The minimum absolute atomic E-state index is 0.0871. The van der Waals surface area contributed by atoms with Gasteiger partial charge in [0.1, 0.15) is 0 Å². The van der Waals surface area contributed by atoms with E-state index < -0.39 is 23.9 Å². The van der Waals surface area contributed by atoms with Gasteiger partial charge in [0.2, 0.25) is 0 Å². The Hall–Kier alpha value is -1.05. The van der Waals surface area contributed by atoms with Crippen molar-refractivity contribution in [3.8, 4) is 0 Å². The van der Waals surface area contributed by atoms with Crippen molar-refractivity contribution in [3.63, 3.8) is 0 Å². The molecule has 8 heteroatoms. The van der Waals surface area contributed by atoms with Crippen LogP contribution in [0.2, 0.25) is 0 Å². The molecule has 1 aromatic rings. The highest BCUT2D eigenvalue weighted by molar-refractivity contribution is 9.10. The molecule has 0 spiro atoms. The zero-order chi connectivity index (χ0) is 12.7. The van der Waals surface area contributed by atoms with E-state index in [1.165, 1.54) is 13.8 Å². The molecule has 1 atom stereocenters. The maximum absolute atomic E-state index is 12.4. The predicted molar refractivity (Wildman–Crippen MR) is 49.4 cm³/mol. The van der Waals surface area contributed by atoms with Crippen LogP contribution >= 0.6 is 15.9 Å². The number of nitrogens with zero attached hydrogens (tertiary/aromatic N) is 2. The van der Waals surface area contributed by atoms with Gasteiger partial charge >= 0.3 is 6.18 Å². The van der Waals surface area contributed by atoms with Crippen LogP contribution in [0.1, 0.15) is 24.4 Å². The summed E-state index contributed by atoms with van der Waals surface area (Å²) in [5.41, 5.74) is -1.05. The lowest BCUT2D eigenvalue weighted by molar-refractivity contribution is -0.310. The van der Waals surface area contributed by atoms with Crippen molar-refractivity contribution in [3.05, 3.63) is 15.9 Å². The molecule has 0 bridgehead atoms. The Labute approximate surface area is 97.2 Å². The van der Waals surface area contributed by atoms with Crippen LogP contribution in [0, 0.1) is 6.92 Å². The fourth-order valence-corrected chi connectivity index (χ4v) is 1.64. The Morgan fingerprint density at radius 1 is 1.56 bits per heavy atom. The summed E-state index contributed by atoms with van der Waals surface area (Å²) >= 11 is 2.74. The normalized spacial score (nSPS) is 13.9. The minimum Gasteiger partial charge on any atom is -0.548 e. The van der Waals surface area contributed by atoms with Gasteiger partial charge in [-0.2, -0.15) is 18.3 Å². The van der Waals surface area contributed by atoms with Crippen molar-refractivity contribution in [1.82, 2.24) is 9.78 Å². The summed E-state index contributed by atoms with van der Waals surface area (Å²) in [4.78, 5) is 10.6. The molecule has 0 fully saturated rings. The number of hydrogen-bond acceptors (Lipinski definition) is 3. The van der Waals surface area contributed by atoms with Crippen LogP contribution in [0.25, 0.3) is 0 Å². The van der Waals surface area contributed by atoms with E-state index in [0.29, 0.717) is 0 Å². The Balaban J connectivity index is 3.30. The highest BCUT2D eigenvalue weighted by Crippen LogP contribution is 2.36. The quantitative estimate of drug-likeness (QED) is 0.827. The first kappa shape index (κ1) is 13.0. The van der Waals surface area contributed by atoms with Gasteiger partial charge in [0.15, 0.2) is 5.69 Å². The lowest BCUT2D eigenvalue weighted by atomic mass is 10.3. The van der Waals surface area contributed by atoms with E-state index in [9.17, 15) is 23.1 Å². The second kappa shape index (κ2) is 4.08. The lowest BCUT2D eigenvalue weighted by Gasteiger charge is -2.14. The number of aromatic nitrogens is 2. The van der Waals surface area contributed by atoms with Gasteiger partial charge in [-0.3, -0.25) is 4.68 Å². The van der Waals surface area contributed by atoms with E-state index in [1.807, 2.05) is 0 Å². The Kier molecular flexibility index (Phi) is 3.32. The van der Waals surface area contributed by atoms with Crippen LogP contribution in [-0.4, -0.2) is 15.7 Å². The van der Waals surface area contributed by atoms with Gasteiger partial charge in [0.05, 0.1) is 22.2 Å². The van der Waals surface area contributed by atoms with E-state index in [1.54, 1.807) is 0 Å². The Morgan fingerprint density at radius 3 is 2.38 bits per heavy atom. The molecule has 4 nitrogen and oxygen atoms in total. The highest BCUT2D eigenvalue weighted by Gasteiger charge is 2.38. The standard InChI is InChI=1S/C8H8BrF3N2O2/c1-3-5(9)6(8(10,11)12)13-14(3)4(2)7(15)16/h4H,1-2H3,(H,15,16)/p-1/t4-/m0/s1. The smallest absolute Gasteiger partial charge is 0.436 e. The van der Waals surface area contributed by atoms with Crippen molar-refractivity contribution in [2.75, 3.05) is 0 Å². The van der Waals surface area contributed by atoms with Gasteiger partial charge in [0.25, 0.3) is 0 Å². The first-order valence-electron chi connectivity index (χ1n) is 4.19. The van der Waals surface area contributed by atoms with Crippen LogP contribution in [0.15, 0.2) is 4.47 Å². The molecule has 0 aliphatic rings. The molecule has 0 unspecified atom stereocenters. The average molecular weight is 300 g/mol. The maximum atomic E-state index is 12.4. The molecule has 0 aromatic carbocycles.